The Balaban J connectivity index is 1.80. The normalized spacial score (nSPS) is 12.6. The molecule has 2 N–H and O–H groups in total. The summed E-state index contributed by atoms with van der Waals surface area (Å²) in [5.74, 6) is 0.375. The Bertz CT molecular complexity index is 928. The van der Waals surface area contributed by atoms with Crippen molar-refractivity contribution in [2.24, 2.45) is 0 Å². The standard InChI is InChI=1S/C18H13ClN4O/c19-12-6-7-14-15(9-12)22-16(24)8-11-10-20-18(23-17(11)14)21-13-4-2-1-3-5-13/h1-7,9-10H,8H2,(H,22,24)(H,20,21,23). The van der Waals surface area contributed by atoms with E-state index in [4.69, 9.17) is 11.6 Å². The molecule has 0 fully saturated rings. The van der Waals surface area contributed by atoms with E-state index in [0.717, 1.165) is 22.5 Å². The van der Waals surface area contributed by atoms with Crippen LogP contribution in [0.2, 0.25) is 5.02 Å². The monoisotopic (exact) mass is 336 g/mol. The van der Waals surface area contributed by atoms with Gasteiger partial charge in [0.1, 0.15) is 0 Å². The van der Waals surface area contributed by atoms with Crippen molar-refractivity contribution in [2.45, 2.75) is 6.42 Å². The van der Waals surface area contributed by atoms with Crippen LogP contribution >= 0.6 is 11.6 Å². The molecule has 1 aliphatic heterocycles. The summed E-state index contributed by atoms with van der Waals surface area (Å²) in [5, 5.41) is 6.61. The van der Waals surface area contributed by atoms with Gasteiger partial charge in [-0.2, -0.15) is 0 Å². The molecule has 1 amide bonds. The minimum absolute atomic E-state index is 0.107. The van der Waals surface area contributed by atoms with Gasteiger partial charge in [-0.3, -0.25) is 4.79 Å². The number of rotatable bonds is 2. The molecule has 3 aromatic rings. The van der Waals surface area contributed by atoms with Gasteiger partial charge in [-0.15, -0.1) is 0 Å². The van der Waals surface area contributed by atoms with E-state index in [1.807, 2.05) is 36.4 Å². The maximum atomic E-state index is 12.1. The molecule has 0 bridgehead atoms. The van der Waals surface area contributed by atoms with Crippen LogP contribution in [0.5, 0.6) is 0 Å². The Morgan fingerprint density at radius 1 is 1.12 bits per heavy atom. The van der Waals surface area contributed by atoms with Crippen LogP contribution in [0.25, 0.3) is 11.3 Å². The number of aromatic nitrogens is 2. The van der Waals surface area contributed by atoms with Crippen molar-refractivity contribution in [1.82, 2.24) is 9.97 Å². The number of hydrogen-bond acceptors (Lipinski definition) is 4. The molecule has 1 aliphatic rings. The highest BCUT2D eigenvalue weighted by Gasteiger charge is 2.21. The number of halogens is 1. The molecular weight excluding hydrogens is 324 g/mol. The molecule has 0 saturated heterocycles. The molecule has 4 rings (SSSR count). The number of fused-ring (bicyclic) bond motifs is 3. The lowest BCUT2D eigenvalue weighted by Crippen LogP contribution is -2.12. The Kier molecular flexibility index (Phi) is 3.63. The number of nitrogens with zero attached hydrogens (tertiary/aromatic N) is 2. The zero-order valence-electron chi connectivity index (χ0n) is 12.6. The molecule has 0 spiro atoms. The lowest BCUT2D eigenvalue weighted by molar-refractivity contribution is -0.115. The first kappa shape index (κ1) is 14.7. The van der Waals surface area contributed by atoms with Crippen LogP contribution < -0.4 is 10.6 Å². The summed E-state index contributed by atoms with van der Waals surface area (Å²) in [7, 11) is 0. The van der Waals surface area contributed by atoms with Gasteiger partial charge >= 0.3 is 0 Å². The minimum atomic E-state index is -0.107. The molecule has 0 unspecified atom stereocenters. The first-order chi connectivity index (χ1) is 11.7. The van der Waals surface area contributed by atoms with E-state index in [0.29, 0.717) is 16.7 Å². The number of carbonyl (C=O) groups excluding carboxylic acids is 1. The van der Waals surface area contributed by atoms with E-state index in [1.165, 1.54) is 0 Å². The zero-order chi connectivity index (χ0) is 16.5. The second-order valence-electron chi connectivity index (χ2n) is 5.47. The third-order valence-corrected chi connectivity index (χ3v) is 3.99. The maximum absolute atomic E-state index is 12.1. The third-order valence-electron chi connectivity index (χ3n) is 3.76. The van der Waals surface area contributed by atoms with Gasteiger partial charge in [-0.1, -0.05) is 29.8 Å². The maximum Gasteiger partial charge on any atom is 0.228 e. The highest BCUT2D eigenvalue weighted by Crippen LogP contribution is 2.34. The van der Waals surface area contributed by atoms with Crippen LogP contribution in [-0.2, 0) is 11.2 Å². The molecule has 0 aliphatic carbocycles. The molecule has 118 valence electrons. The lowest BCUT2D eigenvalue weighted by atomic mass is 10.1. The predicted octanol–water partition coefficient (Wildman–Crippen LogP) is 4.04. The van der Waals surface area contributed by atoms with Crippen molar-refractivity contribution in [2.75, 3.05) is 10.6 Å². The van der Waals surface area contributed by atoms with Crippen molar-refractivity contribution in [3.63, 3.8) is 0 Å². The van der Waals surface area contributed by atoms with Gasteiger partial charge in [-0.05, 0) is 30.3 Å². The number of amides is 1. The van der Waals surface area contributed by atoms with Gasteiger partial charge in [0.05, 0.1) is 17.8 Å². The van der Waals surface area contributed by atoms with E-state index >= 15 is 0 Å². The average molecular weight is 337 g/mol. The van der Waals surface area contributed by atoms with Crippen LogP contribution in [0.4, 0.5) is 17.3 Å². The summed E-state index contributed by atoms with van der Waals surface area (Å²) in [6.07, 6.45) is 1.92. The Morgan fingerprint density at radius 3 is 2.79 bits per heavy atom. The summed E-state index contributed by atoms with van der Waals surface area (Å²) in [6, 6.07) is 15.1. The van der Waals surface area contributed by atoms with Crippen LogP contribution in [0, 0.1) is 0 Å². The van der Waals surface area contributed by atoms with Crippen molar-refractivity contribution in [1.29, 1.82) is 0 Å². The summed E-state index contributed by atoms with van der Waals surface area (Å²) >= 11 is 6.05. The molecule has 2 aromatic carbocycles. The van der Waals surface area contributed by atoms with Gasteiger partial charge < -0.3 is 10.6 Å². The largest absolute Gasteiger partial charge is 0.325 e. The molecule has 1 aromatic heterocycles. The quantitative estimate of drug-likeness (QED) is 0.741. The van der Waals surface area contributed by atoms with Gasteiger partial charge in [0.15, 0.2) is 0 Å². The van der Waals surface area contributed by atoms with E-state index in [-0.39, 0.29) is 12.3 Å². The van der Waals surface area contributed by atoms with Gasteiger partial charge in [0.2, 0.25) is 11.9 Å². The summed E-state index contributed by atoms with van der Waals surface area (Å²) in [4.78, 5) is 21.0. The Labute approximate surface area is 143 Å². The van der Waals surface area contributed by atoms with E-state index in [2.05, 4.69) is 20.6 Å². The van der Waals surface area contributed by atoms with Gasteiger partial charge in [-0.25, -0.2) is 9.97 Å². The first-order valence-electron chi connectivity index (χ1n) is 7.47. The topological polar surface area (TPSA) is 66.9 Å². The molecule has 6 heteroatoms. The van der Waals surface area contributed by atoms with Crippen molar-refractivity contribution < 1.29 is 4.79 Å². The molecule has 0 radical (unpaired) electrons. The number of anilines is 3. The summed E-state index contributed by atoms with van der Waals surface area (Å²) in [5.41, 5.74) is 3.91. The van der Waals surface area contributed by atoms with Crippen LogP contribution in [0.1, 0.15) is 5.56 Å². The zero-order valence-corrected chi connectivity index (χ0v) is 13.3. The van der Waals surface area contributed by atoms with E-state index in [9.17, 15) is 4.79 Å². The lowest BCUT2D eigenvalue weighted by Gasteiger charge is -2.10. The second kappa shape index (κ2) is 5.94. The fourth-order valence-corrected chi connectivity index (χ4v) is 2.85. The molecule has 0 atom stereocenters. The number of nitrogens with one attached hydrogen (secondary N) is 2. The fourth-order valence-electron chi connectivity index (χ4n) is 2.67. The molecule has 5 nitrogen and oxygen atoms in total. The number of carbonyl (C=O) groups is 1. The van der Waals surface area contributed by atoms with Crippen molar-refractivity contribution in [3.05, 3.63) is 65.3 Å². The van der Waals surface area contributed by atoms with Crippen LogP contribution in [0.15, 0.2) is 54.7 Å². The van der Waals surface area contributed by atoms with Gasteiger partial charge in [0, 0.05) is 28.0 Å². The van der Waals surface area contributed by atoms with Crippen molar-refractivity contribution >= 4 is 34.8 Å². The smallest absolute Gasteiger partial charge is 0.228 e. The Hall–Kier alpha value is -2.92. The third kappa shape index (κ3) is 2.81. The highest BCUT2D eigenvalue weighted by molar-refractivity contribution is 6.31. The highest BCUT2D eigenvalue weighted by atomic mass is 35.5. The Morgan fingerprint density at radius 2 is 1.96 bits per heavy atom. The molecular formula is C18H13ClN4O. The second-order valence-corrected chi connectivity index (χ2v) is 5.91. The van der Waals surface area contributed by atoms with E-state index in [1.54, 1.807) is 18.3 Å². The van der Waals surface area contributed by atoms with Crippen LogP contribution in [0.3, 0.4) is 0 Å². The summed E-state index contributed by atoms with van der Waals surface area (Å²) in [6.45, 7) is 0. The van der Waals surface area contributed by atoms with Crippen LogP contribution in [-0.4, -0.2) is 15.9 Å². The van der Waals surface area contributed by atoms with E-state index < -0.39 is 0 Å². The minimum Gasteiger partial charge on any atom is -0.325 e. The van der Waals surface area contributed by atoms with Crippen molar-refractivity contribution in [3.8, 4) is 11.3 Å². The molecule has 24 heavy (non-hydrogen) atoms. The average Bonchev–Trinajstić information content (AvgIpc) is 2.70. The number of benzene rings is 2. The first-order valence-corrected chi connectivity index (χ1v) is 7.84. The number of hydrogen-bond donors (Lipinski definition) is 2. The predicted molar refractivity (Wildman–Crippen MR) is 94.5 cm³/mol. The molecule has 0 saturated carbocycles. The fraction of sp³-hybridized carbons (Fsp3) is 0.0556. The molecule has 2 heterocycles. The van der Waals surface area contributed by atoms with Gasteiger partial charge in [0.25, 0.3) is 0 Å². The summed E-state index contributed by atoms with van der Waals surface area (Å²) < 4.78 is 0. The number of para-hydroxylation sites is 1. The SMILES string of the molecule is O=C1Cc2cnc(Nc3ccccc3)nc2-c2ccc(Cl)cc2N1.